The summed E-state index contributed by atoms with van der Waals surface area (Å²) in [5.41, 5.74) is 0. The molecule has 0 spiro atoms. The van der Waals surface area contributed by atoms with Gasteiger partial charge in [-0.1, -0.05) is 18.2 Å². The smallest absolute Gasteiger partial charge is 0.243 e. The Hall–Kier alpha value is -1.44. The number of ether oxygens (including phenoxy) is 1. The molecule has 2 aliphatic rings. The summed E-state index contributed by atoms with van der Waals surface area (Å²) in [6, 6.07) is 7.66. The largest absolute Gasteiger partial charge is 0.376 e. The maximum atomic E-state index is 12.7. The van der Waals surface area contributed by atoms with E-state index in [1.165, 1.54) is 4.31 Å². The summed E-state index contributed by atoms with van der Waals surface area (Å²) in [5.74, 6) is -0.225. The van der Waals surface area contributed by atoms with Gasteiger partial charge in [-0.25, -0.2) is 8.42 Å². The van der Waals surface area contributed by atoms with Gasteiger partial charge in [0.05, 0.1) is 11.0 Å². The van der Waals surface area contributed by atoms with E-state index >= 15 is 0 Å². The molecule has 1 aromatic carbocycles. The highest BCUT2D eigenvalue weighted by atomic mass is 32.2. The van der Waals surface area contributed by atoms with Crippen molar-refractivity contribution in [2.24, 2.45) is 0 Å². The van der Waals surface area contributed by atoms with Crippen LogP contribution < -0.4 is 5.32 Å². The van der Waals surface area contributed by atoms with E-state index in [9.17, 15) is 13.2 Å². The third kappa shape index (κ3) is 3.57. The molecule has 0 bridgehead atoms. The molecule has 2 heterocycles. The van der Waals surface area contributed by atoms with Crippen LogP contribution in [0.5, 0.6) is 0 Å². The number of carbonyl (C=O) groups is 1. The fourth-order valence-corrected chi connectivity index (χ4v) is 4.83. The lowest BCUT2D eigenvalue weighted by molar-refractivity contribution is -0.124. The average molecular weight is 338 g/mol. The van der Waals surface area contributed by atoms with Crippen molar-refractivity contribution in [3.8, 4) is 0 Å². The zero-order valence-corrected chi connectivity index (χ0v) is 13.8. The zero-order chi connectivity index (χ0) is 16.3. The zero-order valence-electron chi connectivity index (χ0n) is 13.0. The summed E-state index contributed by atoms with van der Waals surface area (Å²) in [6.07, 6.45) is 3.27. The summed E-state index contributed by atoms with van der Waals surface area (Å²) in [6.45, 7) is 1.57. The van der Waals surface area contributed by atoms with Crippen LogP contribution in [0.4, 0.5) is 0 Å². The van der Waals surface area contributed by atoms with Crippen LogP contribution in [0.25, 0.3) is 0 Å². The first-order valence-electron chi connectivity index (χ1n) is 8.05. The molecular formula is C16H22N2O4S. The molecule has 1 aromatic rings. The first-order valence-corrected chi connectivity index (χ1v) is 9.49. The van der Waals surface area contributed by atoms with Crippen molar-refractivity contribution in [2.45, 2.75) is 42.7 Å². The quantitative estimate of drug-likeness (QED) is 0.873. The highest BCUT2D eigenvalue weighted by molar-refractivity contribution is 7.89. The van der Waals surface area contributed by atoms with E-state index in [0.29, 0.717) is 25.9 Å². The lowest BCUT2D eigenvalue weighted by Crippen LogP contribution is -2.47. The first kappa shape index (κ1) is 16.4. The van der Waals surface area contributed by atoms with Crippen molar-refractivity contribution >= 4 is 15.9 Å². The highest BCUT2D eigenvalue weighted by Crippen LogP contribution is 2.26. The molecule has 0 saturated carbocycles. The Kier molecular flexibility index (Phi) is 4.99. The lowest BCUT2D eigenvalue weighted by atomic mass is 10.2. The molecule has 0 aliphatic carbocycles. The van der Waals surface area contributed by atoms with Crippen molar-refractivity contribution < 1.29 is 17.9 Å². The van der Waals surface area contributed by atoms with Gasteiger partial charge in [-0.2, -0.15) is 4.31 Å². The van der Waals surface area contributed by atoms with Crippen molar-refractivity contribution in [1.82, 2.24) is 9.62 Å². The molecule has 2 saturated heterocycles. The molecule has 3 rings (SSSR count). The van der Waals surface area contributed by atoms with Crippen LogP contribution in [0.1, 0.15) is 25.7 Å². The normalized spacial score (nSPS) is 25.6. The number of sulfonamides is 1. The van der Waals surface area contributed by atoms with Gasteiger partial charge >= 0.3 is 0 Å². The van der Waals surface area contributed by atoms with Crippen LogP contribution in [0, 0.1) is 0 Å². The Balaban J connectivity index is 1.68. The van der Waals surface area contributed by atoms with E-state index in [4.69, 9.17) is 4.74 Å². The van der Waals surface area contributed by atoms with Crippen molar-refractivity contribution in [1.29, 1.82) is 0 Å². The molecule has 7 heteroatoms. The summed E-state index contributed by atoms with van der Waals surface area (Å²) in [5, 5.41) is 2.85. The number of amides is 1. The summed E-state index contributed by atoms with van der Waals surface area (Å²) in [7, 11) is -3.63. The number of nitrogens with one attached hydrogen (secondary N) is 1. The lowest BCUT2D eigenvalue weighted by Gasteiger charge is -2.24. The van der Waals surface area contributed by atoms with Gasteiger partial charge in [0.2, 0.25) is 15.9 Å². The Labute approximate surface area is 136 Å². The molecule has 126 valence electrons. The molecule has 0 radical (unpaired) electrons. The summed E-state index contributed by atoms with van der Waals surface area (Å²) >= 11 is 0. The predicted octanol–water partition coefficient (Wildman–Crippen LogP) is 1.13. The number of carbonyl (C=O) groups excluding carboxylic acids is 1. The van der Waals surface area contributed by atoms with E-state index in [0.717, 1.165) is 19.4 Å². The van der Waals surface area contributed by atoms with Gasteiger partial charge in [0, 0.05) is 19.7 Å². The molecule has 23 heavy (non-hydrogen) atoms. The molecule has 1 amide bonds. The van der Waals surface area contributed by atoms with E-state index in [-0.39, 0.29) is 16.9 Å². The maximum Gasteiger partial charge on any atom is 0.243 e. The van der Waals surface area contributed by atoms with E-state index in [1.807, 2.05) is 0 Å². The van der Waals surface area contributed by atoms with Crippen molar-refractivity contribution in [2.75, 3.05) is 19.7 Å². The fraction of sp³-hybridized carbons (Fsp3) is 0.562. The minimum absolute atomic E-state index is 0.0551. The van der Waals surface area contributed by atoms with Crippen LogP contribution in [0.3, 0.4) is 0 Å². The van der Waals surface area contributed by atoms with Crippen LogP contribution in [-0.4, -0.2) is 50.5 Å². The van der Waals surface area contributed by atoms with Gasteiger partial charge in [0.15, 0.2) is 0 Å². The molecule has 2 atom stereocenters. The standard InChI is InChI=1S/C16H22N2O4S/c19-16(17-12-13-6-5-11-22-13)15-9-4-10-18(15)23(20,21)14-7-2-1-3-8-14/h1-3,7-8,13,15H,4-6,9-12H2,(H,17,19). The maximum absolute atomic E-state index is 12.7. The topological polar surface area (TPSA) is 75.7 Å². The second-order valence-electron chi connectivity index (χ2n) is 5.97. The molecule has 2 unspecified atom stereocenters. The second-order valence-corrected chi connectivity index (χ2v) is 7.86. The first-order chi connectivity index (χ1) is 11.1. The number of rotatable bonds is 5. The Bertz CT molecular complexity index is 641. The van der Waals surface area contributed by atoms with Crippen LogP contribution in [-0.2, 0) is 19.6 Å². The third-order valence-corrected chi connectivity index (χ3v) is 6.31. The average Bonchev–Trinajstić information content (AvgIpc) is 3.25. The minimum atomic E-state index is -3.63. The van der Waals surface area contributed by atoms with Crippen LogP contribution in [0.15, 0.2) is 35.2 Å². The van der Waals surface area contributed by atoms with Gasteiger partial charge in [-0.3, -0.25) is 4.79 Å². The van der Waals surface area contributed by atoms with E-state index in [2.05, 4.69) is 5.32 Å². The van der Waals surface area contributed by atoms with Gasteiger partial charge in [-0.05, 0) is 37.8 Å². The molecule has 6 nitrogen and oxygen atoms in total. The van der Waals surface area contributed by atoms with Gasteiger partial charge < -0.3 is 10.1 Å². The highest BCUT2D eigenvalue weighted by Gasteiger charge is 2.39. The summed E-state index contributed by atoms with van der Waals surface area (Å²) < 4.78 is 32.3. The number of benzene rings is 1. The van der Waals surface area contributed by atoms with Crippen LogP contribution >= 0.6 is 0 Å². The molecule has 2 aliphatic heterocycles. The molecular weight excluding hydrogens is 316 g/mol. The Morgan fingerprint density at radius 1 is 1.22 bits per heavy atom. The van der Waals surface area contributed by atoms with Crippen LogP contribution in [0.2, 0.25) is 0 Å². The third-order valence-electron chi connectivity index (χ3n) is 4.38. The SMILES string of the molecule is O=C(NCC1CCCO1)C1CCCN1S(=O)(=O)c1ccccc1. The van der Waals surface area contributed by atoms with E-state index < -0.39 is 16.1 Å². The molecule has 0 aromatic heterocycles. The second kappa shape index (κ2) is 6.98. The molecule has 2 fully saturated rings. The number of nitrogens with zero attached hydrogens (tertiary/aromatic N) is 1. The molecule has 1 N–H and O–H groups in total. The Morgan fingerprint density at radius 3 is 2.70 bits per heavy atom. The van der Waals surface area contributed by atoms with Gasteiger partial charge in [0.1, 0.15) is 6.04 Å². The minimum Gasteiger partial charge on any atom is -0.376 e. The van der Waals surface area contributed by atoms with Gasteiger partial charge in [-0.15, -0.1) is 0 Å². The van der Waals surface area contributed by atoms with E-state index in [1.54, 1.807) is 30.3 Å². The Morgan fingerprint density at radius 2 is 2.00 bits per heavy atom. The number of hydrogen-bond acceptors (Lipinski definition) is 4. The van der Waals surface area contributed by atoms with Crippen molar-refractivity contribution in [3.05, 3.63) is 30.3 Å². The summed E-state index contributed by atoms with van der Waals surface area (Å²) in [4.78, 5) is 12.7. The number of hydrogen-bond donors (Lipinski definition) is 1. The predicted molar refractivity (Wildman–Crippen MR) is 85.3 cm³/mol. The van der Waals surface area contributed by atoms with Crippen molar-refractivity contribution in [3.63, 3.8) is 0 Å². The monoisotopic (exact) mass is 338 g/mol. The fourth-order valence-electron chi connectivity index (χ4n) is 3.16. The van der Waals surface area contributed by atoms with Gasteiger partial charge in [0.25, 0.3) is 0 Å².